The lowest BCUT2D eigenvalue weighted by Gasteiger charge is -2.26. The second-order valence-electron chi connectivity index (χ2n) is 10.5. The first-order valence-corrected chi connectivity index (χ1v) is 14.5. The maximum atomic E-state index is 13.6. The Morgan fingerprint density at radius 2 is 1.51 bits per heavy atom. The van der Waals surface area contributed by atoms with Crippen LogP contribution in [0.15, 0.2) is 140 Å². The molecule has 5 aromatic carbocycles. The van der Waals surface area contributed by atoms with Crippen molar-refractivity contribution in [3.05, 3.63) is 162 Å². The van der Waals surface area contributed by atoms with E-state index in [9.17, 15) is 14.0 Å². The molecule has 5 aromatic rings. The number of ether oxygens (including phenoxy) is 3. The van der Waals surface area contributed by atoms with Gasteiger partial charge in [0.25, 0.3) is 0 Å². The number of hydrogen-bond acceptors (Lipinski definition) is 5. The summed E-state index contributed by atoms with van der Waals surface area (Å²) in [7, 11) is 1.57. The first-order chi connectivity index (χ1) is 22.0. The predicted octanol–water partition coefficient (Wildman–Crippen LogP) is 8.59. The smallest absolute Gasteiger partial charge is 0.415 e. The van der Waals surface area contributed by atoms with E-state index in [0.29, 0.717) is 28.3 Å². The largest absolute Gasteiger partial charge is 0.497 e. The van der Waals surface area contributed by atoms with Gasteiger partial charge in [-0.1, -0.05) is 72.8 Å². The van der Waals surface area contributed by atoms with Crippen molar-refractivity contribution >= 4 is 17.6 Å². The molecule has 45 heavy (non-hydrogen) atoms. The van der Waals surface area contributed by atoms with Crippen LogP contribution in [0.3, 0.4) is 0 Å². The molecule has 1 saturated heterocycles. The highest BCUT2D eigenvalue weighted by atomic mass is 19.1. The second kappa shape index (κ2) is 13.3. The van der Waals surface area contributed by atoms with Crippen LogP contribution in [0.25, 0.3) is 11.1 Å². The van der Waals surface area contributed by atoms with Gasteiger partial charge in [0.2, 0.25) is 0 Å². The third-order valence-electron chi connectivity index (χ3n) is 7.62. The normalized spacial score (nSPS) is 16.0. The van der Waals surface area contributed by atoms with Crippen molar-refractivity contribution in [2.75, 3.05) is 12.0 Å². The maximum Gasteiger partial charge on any atom is 0.415 e. The molecule has 2 atom stereocenters. The molecule has 224 valence electrons. The molecule has 0 bridgehead atoms. The van der Waals surface area contributed by atoms with E-state index >= 15 is 0 Å². The summed E-state index contributed by atoms with van der Waals surface area (Å²) in [4.78, 5) is 28.1. The molecule has 1 aliphatic heterocycles. The number of hydrogen-bond donors (Lipinski definition) is 0. The fourth-order valence-corrected chi connectivity index (χ4v) is 5.31. The van der Waals surface area contributed by atoms with E-state index in [1.807, 2.05) is 91.0 Å². The van der Waals surface area contributed by atoms with Crippen LogP contribution in [0.1, 0.15) is 27.5 Å². The number of methoxy groups -OCH3 is 1. The molecule has 6 nitrogen and oxygen atoms in total. The quantitative estimate of drug-likeness (QED) is 0.119. The number of ketones is 1. The Morgan fingerprint density at radius 1 is 0.844 bits per heavy atom. The maximum absolute atomic E-state index is 13.6. The van der Waals surface area contributed by atoms with Crippen molar-refractivity contribution in [1.82, 2.24) is 0 Å². The van der Waals surface area contributed by atoms with Gasteiger partial charge in [-0.2, -0.15) is 0 Å². The Balaban J connectivity index is 1.38. The predicted molar refractivity (Wildman–Crippen MR) is 171 cm³/mol. The van der Waals surface area contributed by atoms with Crippen LogP contribution >= 0.6 is 0 Å². The number of allylic oxidation sites excluding steroid dienone is 1. The molecule has 1 amide bonds. The molecule has 0 unspecified atom stereocenters. The van der Waals surface area contributed by atoms with Gasteiger partial charge >= 0.3 is 6.09 Å². The van der Waals surface area contributed by atoms with Crippen molar-refractivity contribution in [3.8, 4) is 22.6 Å². The number of benzene rings is 5. The average Bonchev–Trinajstić information content (AvgIpc) is 3.42. The van der Waals surface area contributed by atoms with Gasteiger partial charge in [-0.05, 0) is 77.4 Å². The molecule has 0 aromatic heterocycles. The van der Waals surface area contributed by atoms with Gasteiger partial charge in [0.05, 0.1) is 7.11 Å². The molecule has 7 heteroatoms. The van der Waals surface area contributed by atoms with E-state index in [0.717, 1.165) is 16.7 Å². The fourth-order valence-electron chi connectivity index (χ4n) is 5.31. The molecule has 6 rings (SSSR count). The molecule has 0 N–H and O–H groups in total. The Kier molecular flexibility index (Phi) is 8.69. The number of anilines is 1. The van der Waals surface area contributed by atoms with E-state index in [-0.39, 0.29) is 12.4 Å². The highest BCUT2D eigenvalue weighted by Gasteiger charge is 2.44. The average molecular weight is 600 g/mol. The lowest BCUT2D eigenvalue weighted by Crippen LogP contribution is -2.29. The number of halogens is 1. The summed E-state index contributed by atoms with van der Waals surface area (Å²) < 4.78 is 31.2. The van der Waals surface area contributed by atoms with E-state index in [2.05, 4.69) is 0 Å². The number of nitrogens with zero attached hydrogens (tertiary/aromatic N) is 1. The van der Waals surface area contributed by atoms with Gasteiger partial charge in [0.15, 0.2) is 5.78 Å². The molecule has 0 saturated carbocycles. The van der Waals surface area contributed by atoms with E-state index in [1.165, 1.54) is 30.3 Å². The number of rotatable bonds is 10. The van der Waals surface area contributed by atoms with Crippen molar-refractivity contribution in [3.63, 3.8) is 0 Å². The summed E-state index contributed by atoms with van der Waals surface area (Å²) in [6.07, 6.45) is 1.51. The Bertz CT molecular complexity index is 1810. The minimum Gasteiger partial charge on any atom is -0.497 e. The van der Waals surface area contributed by atoms with Gasteiger partial charge in [-0.3, -0.25) is 9.69 Å². The van der Waals surface area contributed by atoms with Crippen molar-refractivity contribution in [1.29, 1.82) is 0 Å². The molecule has 1 heterocycles. The second-order valence-corrected chi connectivity index (χ2v) is 10.5. The lowest BCUT2D eigenvalue weighted by atomic mass is 9.97. The number of carbonyl (C=O) groups is 2. The highest BCUT2D eigenvalue weighted by Crippen LogP contribution is 2.43. The molecule has 0 spiro atoms. The third-order valence-corrected chi connectivity index (χ3v) is 7.62. The van der Waals surface area contributed by atoms with Gasteiger partial charge in [-0.25, -0.2) is 9.18 Å². The monoisotopic (exact) mass is 599 g/mol. The number of cyclic esters (lactones) is 1. The van der Waals surface area contributed by atoms with Crippen molar-refractivity contribution in [2.24, 2.45) is 0 Å². The minimum atomic E-state index is -0.844. The van der Waals surface area contributed by atoms with E-state index < -0.39 is 24.1 Å². The van der Waals surface area contributed by atoms with Crippen LogP contribution in [0, 0.1) is 5.82 Å². The first-order valence-electron chi connectivity index (χ1n) is 14.5. The fraction of sp³-hybridized carbons (Fsp3) is 0.105. The van der Waals surface area contributed by atoms with Crippen LogP contribution in [-0.4, -0.2) is 25.1 Å². The summed E-state index contributed by atoms with van der Waals surface area (Å²) in [6, 6.07) is 37.4. The standard InChI is InChI=1S/C38H30FNO5/c1-43-32-20-21-33(36(24-32)44-25-26-8-4-2-5-9-26)37-35(23-22-34(41)29-12-16-30(39)17-13-29)45-38(42)40(37)31-18-14-28(15-19-31)27-10-6-3-7-11-27/h2-24,35,37H,25H2,1H3/b23-22+/t35-,37-/m1/s1. The lowest BCUT2D eigenvalue weighted by molar-refractivity contribution is 0.104. The summed E-state index contributed by atoms with van der Waals surface area (Å²) >= 11 is 0. The molecule has 0 radical (unpaired) electrons. The van der Waals surface area contributed by atoms with Gasteiger partial charge in [-0.15, -0.1) is 0 Å². The third kappa shape index (κ3) is 6.63. The summed E-state index contributed by atoms with van der Waals surface area (Å²) in [6.45, 7) is 0.290. The van der Waals surface area contributed by atoms with Crippen LogP contribution in [-0.2, 0) is 11.3 Å². The topological polar surface area (TPSA) is 65.1 Å². The zero-order valence-corrected chi connectivity index (χ0v) is 24.5. The van der Waals surface area contributed by atoms with Gasteiger partial charge < -0.3 is 14.2 Å². The summed E-state index contributed by atoms with van der Waals surface area (Å²) in [5.41, 5.74) is 4.64. The molecular formula is C38H30FNO5. The molecular weight excluding hydrogens is 569 g/mol. The van der Waals surface area contributed by atoms with Crippen LogP contribution < -0.4 is 14.4 Å². The van der Waals surface area contributed by atoms with E-state index in [1.54, 1.807) is 30.2 Å². The summed E-state index contributed by atoms with van der Waals surface area (Å²) in [5.74, 6) is 0.322. The van der Waals surface area contributed by atoms with Gasteiger partial charge in [0.1, 0.15) is 36.1 Å². The number of amides is 1. The molecule has 1 fully saturated rings. The Labute approximate surface area is 260 Å². The van der Waals surface area contributed by atoms with Crippen LogP contribution in [0.5, 0.6) is 11.5 Å². The SMILES string of the molecule is COc1ccc([C@@H]2[C@@H](/C=C/C(=O)c3ccc(F)cc3)OC(=O)N2c2ccc(-c3ccccc3)cc2)c(OCc2ccccc2)c1. The Morgan fingerprint density at radius 3 is 2.20 bits per heavy atom. The van der Waals surface area contributed by atoms with Crippen molar-refractivity contribution in [2.45, 2.75) is 18.8 Å². The zero-order chi connectivity index (χ0) is 31.2. The molecule has 0 aliphatic carbocycles. The number of carbonyl (C=O) groups excluding carboxylic acids is 2. The first kappa shape index (κ1) is 29.4. The zero-order valence-electron chi connectivity index (χ0n) is 24.5. The highest BCUT2D eigenvalue weighted by molar-refractivity contribution is 6.04. The van der Waals surface area contributed by atoms with E-state index in [4.69, 9.17) is 14.2 Å². The van der Waals surface area contributed by atoms with Crippen molar-refractivity contribution < 1.29 is 28.2 Å². The summed E-state index contributed by atoms with van der Waals surface area (Å²) in [5, 5.41) is 0. The van der Waals surface area contributed by atoms with Gasteiger partial charge in [0, 0.05) is 22.9 Å². The molecule has 1 aliphatic rings. The Hall–Kier alpha value is -5.69. The van der Waals surface area contributed by atoms with Crippen LogP contribution in [0.2, 0.25) is 0 Å². The van der Waals surface area contributed by atoms with Crippen LogP contribution in [0.4, 0.5) is 14.9 Å². The minimum absolute atomic E-state index is 0.290.